The van der Waals surface area contributed by atoms with Crippen molar-refractivity contribution in [2.45, 2.75) is 10.9 Å². The standard InChI is InChI=1S/C20H19N2O3PS/c23-22(24)15-19(18-13-7-8-14-20(18)27)21-26(25,16-9-3-1-4-10-16)17-11-5-2-6-12-17/h1-14,19,27H,15H2,(H,21,25)/t19-/m0/s1. The molecule has 0 bridgehead atoms. The van der Waals surface area contributed by atoms with Crippen LogP contribution in [0, 0.1) is 10.1 Å². The van der Waals surface area contributed by atoms with Crippen molar-refractivity contribution in [3.8, 4) is 0 Å². The third-order valence-electron chi connectivity index (χ3n) is 4.22. The zero-order valence-corrected chi connectivity index (χ0v) is 16.2. The number of hydrogen-bond donors (Lipinski definition) is 2. The van der Waals surface area contributed by atoms with Crippen molar-refractivity contribution < 1.29 is 9.49 Å². The molecule has 1 atom stereocenters. The molecule has 7 heteroatoms. The zero-order chi connectivity index (χ0) is 19.3. The van der Waals surface area contributed by atoms with E-state index in [1.807, 2.05) is 42.5 Å². The lowest BCUT2D eigenvalue weighted by Crippen LogP contribution is -2.34. The quantitative estimate of drug-likeness (QED) is 0.275. The first-order valence-electron chi connectivity index (χ1n) is 8.39. The summed E-state index contributed by atoms with van der Waals surface area (Å²) in [6, 6.07) is 24.4. The van der Waals surface area contributed by atoms with Crippen LogP contribution >= 0.6 is 19.9 Å². The normalized spacial score (nSPS) is 12.5. The van der Waals surface area contributed by atoms with Crippen LogP contribution in [-0.2, 0) is 4.57 Å². The Labute approximate surface area is 163 Å². The minimum Gasteiger partial charge on any atom is -0.296 e. The van der Waals surface area contributed by atoms with Crippen LogP contribution in [0.1, 0.15) is 11.6 Å². The van der Waals surface area contributed by atoms with E-state index in [1.54, 1.807) is 42.5 Å². The first kappa shape index (κ1) is 19.4. The second-order valence-corrected chi connectivity index (χ2v) is 9.03. The number of nitrogens with one attached hydrogen (secondary N) is 1. The fourth-order valence-corrected chi connectivity index (χ4v) is 5.69. The number of nitrogens with zero attached hydrogens (tertiary/aromatic N) is 1. The molecule has 0 unspecified atom stereocenters. The fourth-order valence-electron chi connectivity index (χ4n) is 2.93. The van der Waals surface area contributed by atoms with E-state index in [9.17, 15) is 14.7 Å². The number of nitro groups is 1. The van der Waals surface area contributed by atoms with Gasteiger partial charge in [0, 0.05) is 20.4 Å². The van der Waals surface area contributed by atoms with Gasteiger partial charge in [-0.3, -0.25) is 14.7 Å². The molecule has 0 aliphatic heterocycles. The van der Waals surface area contributed by atoms with Crippen LogP contribution in [0.25, 0.3) is 0 Å². The van der Waals surface area contributed by atoms with E-state index < -0.39 is 24.8 Å². The van der Waals surface area contributed by atoms with Crippen LogP contribution < -0.4 is 15.7 Å². The van der Waals surface area contributed by atoms with Crippen LogP contribution in [0.3, 0.4) is 0 Å². The fraction of sp³-hybridized carbons (Fsp3) is 0.100. The Morgan fingerprint density at radius 3 is 1.85 bits per heavy atom. The van der Waals surface area contributed by atoms with Crippen LogP contribution in [0.4, 0.5) is 0 Å². The molecule has 0 radical (unpaired) electrons. The van der Waals surface area contributed by atoms with Gasteiger partial charge in [-0.05, 0) is 35.9 Å². The molecule has 138 valence electrons. The Hall–Kier alpha value is -2.40. The van der Waals surface area contributed by atoms with Gasteiger partial charge in [0.05, 0.1) is 0 Å². The molecule has 3 aromatic carbocycles. The minimum absolute atomic E-state index is 0.402. The van der Waals surface area contributed by atoms with Crippen LogP contribution in [0.15, 0.2) is 89.8 Å². The largest absolute Gasteiger partial charge is 0.296 e. The SMILES string of the molecule is O=[N+]([O-])C[C@H](NP(=O)(c1ccccc1)c1ccccc1)c1ccccc1S. The van der Waals surface area contributed by atoms with Crippen LogP contribution in [-0.4, -0.2) is 11.5 Å². The molecule has 0 aliphatic carbocycles. The molecule has 0 fully saturated rings. The van der Waals surface area contributed by atoms with Gasteiger partial charge < -0.3 is 0 Å². The lowest BCUT2D eigenvalue weighted by Gasteiger charge is -2.26. The van der Waals surface area contributed by atoms with E-state index in [-0.39, 0.29) is 0 Å². The van der Waals surface area contributed by atoms with Gasteiger partial charge in [-0.25, -0.2) is 5.09 Å². The molecule has 0 saturated heterocycles. The van der Waals surface area contributed by atoms with Crippen LogP contribution in [0.2, 0.25) is 0 Å². The third-order valence-corrected chi connectivity index (χ3v) is 7.35. The maximum absolute atomic E-state index is 14.1. The lowest BCUT2D eigenvalue weighted by atomic mass is 10.1. The second kappa shape index (κ2) is 8.53. The van der Waals surface area contributed by atoms with Gasteiger partial charge in [0.25, 0.3) is 0 Å². The van der Waals surface area contributed by atoms with Crippen molar-refractivity contribution in [3.05, 3.63) is 101 Å². The maximum Gasteiger partial charge on any atom is 0.223 e. The number of hydrogen-bond acceptors (Lipinski definition) is 4. The predicted molar refractivity (Wildman–Crippen MR) is 111 cm³/mol. The molecule has 0 heterocycles. The van der Waals surface area contributed by atoms with Crippen LogP contribution in [0.5, 0.6) is 0 Å². The smallest absolute Gasteiger partial charge is 0.223 e. The van der Waals surface area contributed by atoms with E-state index in [1.165, 1.54) is 0 Å². The average molecular weight is 398 g/mol. The summed E-state index contributed by atoms with van der Waals surface area (Å²) >= 11 is 4.43. The second-order valence-electron chi connectivity index (χ2n) is 6.04. The molecular formula is C20H19N2O3PS. The van der Waals surface area contributed by atoms with Gasteiger partial charge in [0.15, 0.2) is 0 Å². The molecule has 0 aromatic heterocycles. The molecule has 0 spiro atoms. The van der Waals surface area contributed by atoms with Crippen molar-refractivity contribution >= 4 is 30.5 Å². The maximum atomic E-state index is 14.1. The molecule has 3 rings (SSSR count). The van der Waals surface area contributed by atoms with Gasteiger partial charge in [-0.2, -0.15) is 0 Å². The summed E-state index contributed by atoms with van der Waals surface area (Å²) in [5.41, 5.74) is 0.643. The molecular weight excluding hydrogens is 379 g/mol. The number of rotatable bonds is 7. The molecule has 0 amide bonds. The highest BCUT2D eigenvalue weighted by atomic mass is 32.1. The van der Waals surface area contributed by atoms with Gasteiger partial charge in [0.2, 0.25) is 13.8 Å². The van der Waals surface area contributed by atoms with E-state index in [4.69, 9.17) is 0 Å². The van der Waals surface area contributed by atoms with E-state index >= 15 is 0 Å². The Balaban J connectivity index is 2.10. The number of thiol groups is 1. The summed E-state index contributed by atoms with van der Waals surface area (Å²) in [6.07, 6.45) is 0. The molecule has 27 heavy (non-hydrogen) atoms. The van der Waals surface area contributed by atoms with Gasteiger partial charge in [-0.1, -0.05) is 54.6 Å². The van der Waals surface area contributed by atoms with Gasteiger partial charge in [-0.15, -0.1) is 12.6 Å². The highest BCUT2D eigenvalue weighted by molar-refractivity contribution is 7.80. The average Bonchev–Trinajstić information content (AvgIpc) is 2.69. The minimum atomic E-state index is -3.31. The van der Waals surface area contributed by atoms with Gasteiger partial charge >= 0.3 is 0 Å². The lowest BCUT2D eigenvalue weighted by molar-refractivity contribution is -0.484. The molecule has 1 N–H and O–H groups in total. The Morgan fingerprint density at radius 1 is 0.889 bits per heavy atom. The van der Waals surface area contributed by atoms with Crippen molar-refractivity contribution in [3.63, 3.8) is 0 Å². The monoisotopic (exact) mass is 398 g/mol. The highest BCUT2D eigenvalue weighted by Crippen LogP contribution is 2.42. The van der Waals surface area contributed by atoms with Crippen molar-refractivity contribution in [1.82, 2.24) is 5.09 Å². The predicted octanol–water partition coefficient (Wildman–Crippen LogP) is 3.81. The third kappa shape index (κ3) is 4.48. The highest BCUT2D eigenvalue weighted by Gasteiger charge is 2.33. The summed E-state index contributed by atoms with van der Waals surface area (Å²) in [5, 5.41) is 15.6. The van der Waals surface area contributed by atoms with E-state index in [0.717, 1.165) is 0 Å². The van der Waals surface area contributed by atoms with Crippen molar-refractivity contribution in [1.29, 1.82) is 0 Å². The summed E-state index contributed by atoms with van der Waals surface area (Å²) in [5.74, 6) is 0. The topological polar surface area (TPSA) is 72.2 Å². The zero-order valence-electron chi connectivity index (χ0n) is 14.4. The Kier molecular flexibility index (Phi) is 6.11. The Bertz CT molecular complexity index is 924. The molecule has 0 saturated carbocycles. The summed E-state index contributed by atoms with van der Waals surface area (Å²) in [7, 11) is -3.31. The number of benzene rings is 3. The molecule has 3 aromatic rings. The Morgan fingerprint density at radius 2 is 1.37 bits per heavy atom. The van der Waals surface area contributed by atoms with Crippen molar-refractivity contribution in [2.75, 3.05) is 6.54 Å². The first-order chi connectivity index (χ1) is 13.0. The van der Waals surface area contributed by atoms with Crippen molar-refractivity contribution in [2.24, 2.45) is 0 Å². The summed E-state index contributed by atoms with van der Waals surface area (Å²) < 4.78 is 14.1. The summed E-state index contributed by atoms with van der Waals surface area (Å²) in [6.45, 7) is -0.402. The first-order valence-corrected chi connectivity index (χ1v) is 10.5. The molecule has 0 aliphatic rings. The van der Waals surface area contributed by atoms with E-state index in [0.29, 0.717) is 21.1 Å². The molecule has 5 nitrogen and oxygen atoms in total. The van der Waals surface area contributed by atoms with E-state index in [2.05, 4.69) is 17.7 Å². The summed E-state index contributed by atoms with van der Waals surface area (Å²) in [4.78, 5) is 11.5. The van der Waals surface area contributed by atoms with Gasteiger partial charge in [0.1, 0.15) is 6.04 Å².